The molecular formula is C20H20F3N3O3. The fraction of sp³-hybridized carbons (Fsp3) is 0.350. The van der Waals surface area contributed by atoms with Gasteiger partial charge in [-0.15, -0.1) is 0 Å². The average Bonchev–Trinajstić information content (AvgIpc) is 2.94. The van der Waals surface area contributed by atoms with Crippen molar-refractivity contribution in [3.05, 3.63) is 59.3 Å². The SMILES string of the molecule is O=C(O)c1ccccc1CC(=O)N1CCCN(c2ccc(C(F)(F)F)cn2)CC1. The first kappa shape index (κ1) is 20.6. The lowest BCUT2D eigenvalue weighted by molar-refractivity contribution is -0.137. The van der Waals surface area contributed by atoms with Crippen molar-refractivity contribution in [2.24, 2.45) is 0 Å². The van der Waals surface area contributed by atoms with Crippen molar-refractivity contribution in [2.45, 2.75) is 19.0 Å². The third-order valence-corrected chi connectivity index (χ3v) is 4.84. The fourth-order valence-electron chi connectivity index (χ4n) is 3.29. The second-order valence-corrected chi connectivity index (χ2v) is 6.76. The molecule has 1 N–H and O–H groups in total. The van der Waals surface area contributed by atoms with Gasteiger partial charge in [0.25, 0.3) is 0 Å². The zero-order valence-electron chi connectivity index (χ0n) is 15.5. The lowest BCUT2D eigenvalue weighted by Gasteiger charge is -2.23. The van der Waals surface area contributed by atoms with Crippen LogP contribution in [0.25, 0.3) is 0 Å². The number of alkyl halides is 3. The molecule has 3 rings (SSSR count). The normalized spacial score (nSPS) is 15.1. The van der Waals surface area contributed by atoms with Gasteiger partial charge in [-0.3, -0.25) is 4.79 Å². The van der Waals surface area contributed by atoms with E-state index >= 15 is 0 Å². The van der Waals surface area contributed by atoms with Gasteiger partial charge in [0.1, 0.15) is 5.82 Å². The van der Waals surface area contributed by atoms with Crippen LogP contribution >= 0.6 is 0 Å². The highest BCUT2D eigenvalue weighted by molar-refractivity contribution is 5.91. The highest BCUT2D eigenvalue weighted by Gasteiger charge is 2.31. The minimum Gasteiger partial charge on any atom is -0.478 e. The molecule has 2 heterocycles. The molecule has 1 amide bonds. The van der Waals surface area contributed by atoms with E-state index in [-0.39, 0.29) is 17.9 Å². The zero-order chi connectivity index (χ0) is 21.0. The maximum atomic E-state index is 12.7. The van der Waals surface area contributed by atoms with Crippen molar-refractivity contribution in [3.63, 3.8) is 0 Å². The summed E-state index contributed by atoms with van der Waals surface area (Å²) in [4.78, 5) is 31.4. The molecule has 29 heavy (non-hydrogen) atoms. The van der Waals surface area contributed by atoms with Crippen LogP contribution < -0.4 is 4.90 Å². The van der Waals surface area contributed by atoms with Crippen molar-refractivity contribution < 1.29 is 27.9 Å². The third kappa shape index (κ3) is 5.04. The molecule has 154 valence electrons. The second kappa shape index (κ2) is 8.50. The summed E-state index contributed by atoms with van der Waals surface area (Å²) in [5.41, 5.74) is -0.244. The maximum Gasteiger partial charge on any atom is 0.417 e. The second-order valence-electron chi connectivity index (χ2n) is 6.76. The lowest BCUT2D eigenvalue weighted by atomic mass is 10.0. The molecule has 1 aliphatic rings. The van der Waals surface area contributed by atoms with Crippen molar-refractivity contribution in [3.8, 4) is 0 Å². The highest BCUT2D eigenvalue weighted by Crippen LogP contribution is 2.29. The number of nitrogens with zero attached hydrogens (tertiary/aromatic N) is 3. The van der Waals surface area contributed by atoms with E-state index in [1.165, 1.54) is 12.1 Å². The molecule has 1 aromatic heterocycles. The van der Waals surface area contributed by atoms with E-state index in [0.29, 0.717) is 44.0 Å². The minimum atomic E-state index is -4.43. The number of benzene rings is 1. The Morgan fingerprint density at radius 1 is 1.03 bits per heavy atom. The summed E-state index contributed by atoms with van der Waals surface area (Å²) in [6.45, 7) is 1.88. The highest BCUT2D eigenvalue weighted by atomic mass is 19.4. The number of halogens is 3. The molecule has 9 heteroatoms. The Hall–Kier alpha value is -3.10. The molecule has 2 aromatic rings. The van der Waals surface area contributed by atoms with Crippen molar-refractivity contribution in [2.75, 3.05) is 31.1 Å². The molecule has 1 aromatic carbocycles. The summed E-state index contributed by atoms with van der Waals surface area (Å²) >= 11 is 0. The van der Waals surface area contributed by atoms with E-state index in [9.17, 15) is 27.9 Å². The molecule has 1 fully saturated rings. The molecular weight excluding hydrogens is 387 g/mol. The molecule has 0 bridgehead atoms. The van der Waals surface area contributed by atoms with Crippen LogP contribution in [0.5, 0.6) is 0 Å². The Morgan fingerprint density at radius 2 is 1.79 bits per heavy atom. The summed E-state index contributed by atoms with van der Waals surface area (Å²) in [6.07, 6.45) is -3.00. The molecule has 0 radical (unpaired) electrons. The van der Waals surface area contributed by atoms with Gasteiger partial charge in [0.2, 0.25) is 5.91 Å². The van der Waals surface area contributed by atoms with Crippen molar-refractivity contribution in [1.82, 2.24) is 9.88 Å². The van der Waals surface area contributed by atoms with Gasteiger partial charge in [-0.25, -0.2) is 9.78 Å². The minimum absolute atomic E-state index is 0.0129. The Morgan fingerprint density at radius 3 is 2.45 bits per heavy atom. The van der Waals surface area contributed by atoms with Crippen LogP contribution in [0.4, 0.5) is 19.0 Å². The van der Waals surface area contributed by atoms with Crippen LogP contribution in [0.15, 0.2) is 42.6 Å². The number of hydrogen-bond donors (Lipinski definition) is 1. The Bertz CT molecular complexity index is 885. The van der Waals surface area contributed by atoms with Crippen LogP contribution in [0.1, 0.15) is 27.9 Å². The molecule has 1 saturated heterocycles. The van der Waals surface area contributed by atoms with Crippen LogP contribution in [-0.4, -0.2) is 53.0 Å². The average molecular weight is 407 g/mol. The van der Waals surface area contributed by atoms with E-state index in [2.05, 4.69) is 4.98 Å². The molecule has 0 unspecified atom stereocenters. The molecule has 0 saturated carbocycles. The van der Waals surface area contributed by atoms with Crippen molar-refractivity contribution >= 4 is 17.7 Å². The van der Waals surface area contributed by atoms with E-state index in [1.807, 2.05) is 4.90 Å². The van der Waals surface area contributed by atoms with Gasteiger partial charge in [-0.2, -0.15) is 13.2 Å². The monoisotopic (exact) mass is 407 g/mol. The number of carboxylic acids is 1. The number of aromatic nitrogens is 1. The quantitative estimate of drug-likeness (QED) is 0.843. The topological polar surface area (TPSA) is 73.7 Å². The predicted molar refractivity (Wildman–Crippen MR) is 99.8 cm³/mol. The number of rotatable bonds is 4. The molecule has 0 aliphatic carbocycles. The van der Waals surface area contributed by atoms with E-state index < -0.39 is 17.7 Å². The standard InChI is InChI=1S/C20H20F3N3O3/c21-20(22,23)15-6-7-17(24-13-15)25-8-3-9-26(11-10-25)18(27)12-14-4-1-2-5-16(14)19(28)29/h1-2,4-7,13H,3,8-12H2,(H,28,29). The van der Waals surface area contributed by atoms with Crippen LogP contribution in [0.3, 0.4) is 0 Å². The van der Waals surface area contributed by atoms with Gasteiger partial charge >= 0.3 is 12.1 Å². The first-order valence-electron chi connectivity index (χ1n) is 9.13. The van der Waals surface area contributed by atoms with Crippen molar-refractivity contribution in [1.29, 1.82) is 0 Å². The van der Waals surface area contributed by atoms with E-state index in [0.717, 1.165) is 12.3 Å². The van der Waals surface area contributed by atoms with Gasteiger partial charge in [-0.05, 0) is 30.2 Å². The smallest absolute Gasteiger partial charge is 0.417 e. The zero-order valence-corrected chi connectivity index (χ0v) is 15.5. The van der Waals surface area contributed by atoms with E-state index in [4.69, 9.17) is 0 Å². The molecule has 6 nitrogen and oxygen atoms in total. The van der Waals surface area contributed by atoms with Crippen LogP contribution in [0.2, 0.25) is 0 Å². The number of anilines is 1. The number of carbonyl (C=O) groups excluding carboxylic acids is 1. The Labute approximate surface area is 165 Å². The Kier molecular flexibility index (Phi) is 6.05. The summed E-state index contributed by atoms with van der Waals surface area (Å²) in [5, 5.41) is 9.26. The first-order chi connectivity index (χ1) is 13.8. The van der Waals surface area contributed by atoms with Crippen LogP contribution in [-0.2, 0) is 17.4 Å². The molecule has 0 atom stereocenters. The molecule has 0 spiro atoms. The molecule has 1 aliphatic heterocycles. The maximum absolute atomic E-state index is 12.7. The summed E-state index contributed by atoms with van der Waals surface area (Å²) in [6, 6.07) is 8.72. The first-order valence-corrected chi connectivity index (χ1v) is 9.13. The van der Waals surface area contributed by atoms with Gasteiger partial charge in [0, 0.05) is 32.4 Å². The third-order valence-electron chi connectivity index (χ3n) is 4.84. The number of hydrogen-bond acceptors (Lipinski definition) is 4. The van der Waals surface area contributed by atoms with E-state index in [1.54, 1.807) is 23.1 Å². The largest absolute Gasteiger partial charge is 0.478 e. The predicted octanol–water partition coefficient (Wildman–Crippen LogP) is 3.08. The van der Waals surface area contributed by atoms with Gasteiger partial charge in [0.05, 0.1) is 17.5 Å². The van der Waals surface area contributed by atoms with Crippen LogP contribution in [0, 0.1) is 0 Å². The fourth-order valence-corrected chi connectivity index (χ4v) is 3.29. The number of amides is 1. The van der Waals surface area contributed by atoms with Gasteiger partial charge < -0.3 is 14.9 Å². The number of carboxylic acid groups (broad SMARTS) is 1. The number of aromatic carboxylic acids is 1. The number of pyridine rings is 1. The summed E-state index contributed by atoms with van der Waals surface area (Å²) in [5.74, 6) is -0.826. The van der Waals surface area contributed by atoms with Gasteiger partial charge in [-0.1, -0.05) is 18.2 Å². The summed E-state index contributed by atoms with van der Waals surface area (Å²) in [7, 11) is 0. The van der Waals surface area contributed by atoms with Gasteiger partial charge in [0.15, 0.2) is 0 Å². The Balaban J connectivity index is 1.64. The summed E-state index contributed by atoms with van der Waals surface area (Å²) < 4.78 is 38.1. The lowest BCUT2D eigenvalue weighted by Crippen LogP contribution is -2.36. The number of carbonyl (C=O) groups is 2.